The van der Waals surface area contributed by atoms with Gasteiger partial charge in [0, 0.05) is 11.6 Å². The maximum absolute atomic E-state index is 13.7. The molecule has 0 bridgehead atoms. The molecule has 33 heavy (non-hydrogen) atoms. The Hall–Kier alpha value is -3.71. The van der Waals surface area contributed by atoms with Crippen molar-refractivity contribution in [3.05, 3.63) is 83.4 Å². The molecule has 0 saturated carbocycles. The summed E-state index contributed by atoms with van der Waals surface area (Å²) in [5, 5.41) is 1.43. The number of ether oxygens (including phenoxy) is 1. The average molecular weight is 458 g/mol. The van der Waals surface area contributed by atoms with E-state index in [2.05, 4.69) is 18.0 Å². The number of benzene rings is 2. The second-order valence-electron chi connectivity index (χ2n) is 7.86. The van der Waals surface area contributed by atoms with Crippen LogP contribution in [0.5, 0.6) is 5.75 Å². The minimum Gasteiger partial charge on any atom is -0.490 e. The molecule has 0 unspecified atom stereocenters. The van der Waals surface area contributed by atoms with Crippen molar-refractivity contribution in [2.75, 3.05) is 11.5 Å². The minimum absolute atomic E-state index is 0.236. The van der Waals surface area contributed by atoms with Crippen LogP contribution >= 0.6 is 11.3 Å². The van der Waals surface area contributed by atoms with Gasteiger partial charge in [0.2, 0.25) is 0 Å². The Morgan fingerprint density at radius 2 is 2.00 bits per heavy atom. The van der Waals surface area contributed by atoms with Gasteiger partial charge >= 0.3 is 0 Å². The highest BCUT2D eigenvalue weighted by atomic mass is 32.1. The Kier molecular flexibility index (Phi) is 5.56. The van der Waals surface area contributed by atoms with Crippen LogP contribution in [-0.4, -0.2) is 22.5 Å². The molecule has 3 aromatic heterocycles. The highest BCUT2D eigenvalue weighted by Crippen LogP contribution is 2.35. The topological polar surface area (TPSA) is 68.5 Å². The van der Waals surface area contributed by atoms with Gasteiger partial charge in [-0.15, -0.1) is 0 Å². The average Bonchev–Trinajstić information content (AvgIpc) is 3.43. The summed E-state index contributed by atoms with van der Waals surface area (Å²) in [6.07, 6.45) is 1.72. The summed E-state index contributed by atoms with van der Waals surface area (Å²) in [6, 6.07) is 17.2. The summed E-state index contributed by atoms with van der Waals surface area (Å²) < 4.78 is 12.8. The van der Waals surface area contributed by atoms with E-state index in [1.807, 2.05) is 56.3 Å². The van der Waals surface area contributed by atoms with E-state index in [0.717, 1.165) is 32.4 Å². The van der Waals surface area contributed by atoms with Crippen molar-refractivity contribution >= 4 is 43.6 Å². The summed E-state index contributed by atoms with van der Waals surface area (Å²) in [5.74, 6) is 0.587. The van der Waals surface area contributed by atoms with Gasteiger partial charge in [-0.1, -0.05) is 35.6 Å². The number of para-hydroxylation sites is 1. The van der Waals surface area contributed by atoms with E-state index in [0.29, 0.717) is 23.1 Å². The third-order valence-electron chi connectivity index (χ3n) is 5.35. The first-order valence-corrected chi connectivity index (χ1v) is 11.6. The van der Waals surface area contributed by atoms with Crippen LogP contribution in [-0.2, 0) is 6.54 Å². The lowest BCUT2D eigenvalue weighted by Crippen LogP contribution is -2.30. The maximum Gasteiger partial charge on any atom is 0.296 e. The fraction of sp³-hybridized carbons (Fsp3) is 0.192. The zero-order valence-electron chi connectivity index (χ0n) is 18.7. The van der Waals surface area contributed by atoms with E-state index in [1.54, 1.807) is 17.2 Å². The van der Waals surface area contributed by atoms with Crippen LogP contribution in [0.4, 0.5) is 5.13 Å². The van der Waals surface area contributed by atoms with Gasteiger partial charge in [-0.3, -0.25) is 14.7 Å². The van der Waals surface area contributed by atoms with Gasteiger partial charge in [-0.05, 0) is 62.2 Å². The highest BCUT2D eigenvalue weighted by molar-refractivity contribution is 7.22. The van der Waals surface area contributed by atoms with Gasteiger partial charge < -0.3 is 9.15 Å². The lowest BCUT2D eigenvalue weighted by molar-refractivity contribution is 0.0960. The molecule has 5 rings (SSSR count). The monoisotopic (exact) mass is 457 g/mol. The van der Waals surface area contributed by atoms with Gasteiger partial charge in [0.05, 0.1) is 29.1 Å². The number of fused-ring (bicyclic) bond motifs is 2. The number of pyridine rings is 1. The van der Waals surface area contributed by atoms with Crippen LogP contribution in [0.3, 0.4) is 0 Å². The summed E-state index contributed by atoms with van der Waals surface area (Å²) >= 11 is 1.50. The fourth-order valence-corrected chi connectivity index (χ4v) is 4.92. The van der Waals surface area contributed by atoms with Crippen molar-refractivity contribution in [1.82, 2.24) is 9.97 Å². The number of rotatable bonds is 6. The Morgan fingerprint density at radius 1 is 1.12 bits per heavy atom. The fourth-order valence-electron chi connectivity index (χ4n) is 3.90. The molecule has 0 spiro atoms. The van der Waals surface area contributed by atoms with E-state index in [1.165, 1.54) is 11.3 Å². The number of carbonyl (C=O) groups is 1. The van der Waals surface area contributed by atoms with E-state index in [-0.39, 0.29) is 18.2 Å². The number of furan rings is 1. The summed E-state index contributed by atoms with van der Waals surface area (Å²) in [7, 11) is 0. The predicted molar refractivity (Wildman–Crippen MR) is 131 cm³/mol. The lowest BCUT2D eigenvalue weighted by atomic mass is 10.1. The first-order valence-electron chi connectivity index (χ1n) is 10.8. The zero-order valence-corrected chi connectivity index (χ0v) is 19.5. The smallest absolute Gasteiger partial charge is 0.296 e. The Morgan fingerprint density at radius 3 is 2.79 bits per heavy atom. The number of aryl methyl sites for hydroxylation is 2. The van der Waals surface area contributed by atoms with E-state index < -0.39 is 0 Å². The molecule has 0 radical (unpaired) electrons. The molecule has 3 heterocycles. The molecular formula is C26H23N3O3S. The van der Waals surface area contributed by atoms with Crippen LogP contribution in [0.25, 0.3) is 21.2 Å². The maximum atomic E-state index is 13.7. The van der Waals surface area contributed by atoms with Crippen molar-refractivity contribution in [1.29, 1.82) is 0 Å². The SMILES string of the molecule is CCOc1cccc2cc(C(=O)N(Cc3ccccn3)c3nc4cc(C)cc(C)c4s3)oc12. The zero-order chi connectivity index (χ0) is 22.9. The van der Waals surface area contributed by atoms with Crippen LogP contribution in [0.15, 0.2) is 65.2 Å². The number of aromatic nitrogens is 2. The summed E-state index contributed by atoms with van der Waals surface area (Å²) in [4.78, 5) is 24.6. The Balaban J connectivity index is 1.60. The molecule has 0 aliphatic carbocycles. The van der Waals surface area contributed by atoms with Crippen molar-refractivity contribution in [3.8, 4) is 5.75 Å². The number of anilines is 1. The van der Waals surface area contributed by atoms with E-state index >= 15 is 0 Å². The largest absolute Gasteiger partial charge is 0.490 e. The number of nitrogens with zero attached hydrogens (tertiary/aromatic N) is 3. The van der Waals surface area contributed by atoms with E-state index in [9.17, 15) is 4.79 Å². The highest BCUT2D eigenvalue weighted by Gasteiger charge is 2.26. The van der Waals surface area contributed by atoms with Crippen LogP contribution in [0, 0.1) is 13.8 Å². The molecule has 1 amide bonds. The predicted octanol–water partition coefficient (Wildman–Crippen LogP) is 6.30. The molecule has 7 heteroatoms. The van der Waals surface area contributed by atoms with Gasteiger partial charge in [0.15, 0.2) is 22.2 Å². The molecule has 0 saturated heterocycles. The summed E-state index contributed by atoms with van der Waals surface area (Å²) in [6.45, 7) is 6.83. The van der Waals surface area contributed by atoms with Crippen molar-refractivity contribution in [3.63, 3.8) is 0 Å². The van der Waals surface area contributed by atoms with Gasteiger partial charge in [0.1, 0.15) is 0 Å². The quantitative estimate of drug-likeness (QED) is 0.299. The van der Waals surface area contributed by atoms with E-state index in [4.69, 9.17) is 14.1 Å². The summed E-state index contributed by atoms with van der Waals surface area (Å²) in [5.41, 5.74) is 4.50. The van der Waals surface area contributed by atoms with Crippen molar-refractivity contribution < 1.29 is 13.9 Å². The second-order valence-corrected chi connectivity index (χ2v) is 8.83. The molecule has 2 aromatic carbocycles. The third-order valence-corrected chi connectivity index (χ3v) is 6.58. The molecule has 6 nitrogen and oxygen atoms in total. The Labute approximate surface area is 195 Å². The number of amides is 1. The number of thiazole rings is 1. The van der Waals surface area contributed by atoms with Crippen molar-refractivity contribution in [2.45, 2.75) is 27.3 Å². The van der Waals surface area contributed by atoms with Crippen LogP contribution < -0.4 is 9.64 Å². The van der Waals surface area contributed by atoms with Crippen LogP contribution in [0.2, 0.25) is 0 Å². The molecule has 0 atom stereocenters. The van der Waals surface area contributed by atoms with Gasteiger partial charge in [-0.2, -0.15) is 0 Å². The molecule has 0 aliphatic rings. The lowest BCUT2D eigenvalue weighted by Gasteiger charge is -2.18. The molecule has 0 fully saturated rings. The number of hydrogen-bond acceptors (Lipinski definition) is 6. The molecule has 166 valence electrons. The normalized spacial score (nSPS) is 11.2. The number of carbonyl (C=O) groups excluding carboxylic acids is 1. The second kappa shape index (κ2) is 8.67. The molecule has 5 aromatic rings. The first-order chi connectivity index (χ1) is 16.0. The van der Waals surface area contributed by atoms with Crippen molar-refractivity contribution in [2.24, 2.45) is 0 Å². The van der Waals surface area contributed by atoms with Gasteiger partial charge in [-0.25, -0.2) is 4.98 Å². The number of hydrogen-bond donors (Lipinski definition) is 0. The first kappa shape index (κ1) is 21.2. The minimum atomic E-state index is -0.271. The molecular weight excluding hydrogens is 434 g/mol. The molecule has 0 N–H and O–H groups in total. The standard InChI is InChI=1S/C26H23N3O3S/c1-4-31-21-10-7-8-18-14-22(32-23(18)21)25(30)29(15-19-9-5-6-11-27-19)26-28-20-13-16(2)12-17(3)24(20)33-26/h5-14H,4,15H2,1-3H3. The molecule has 0 aliphatic heterocycles. The Bertz CT molecular complexity index is 1460. The van der Waals surface area contributed by atoms with Crippen LogP contribution in [0.1, 0.15) is 34.3 Å². The third kappa shape index (κ3) is 4.07. The van der Waals surface area contributed by atoms with Gasteiger partial charge in [0.25, 0.3) is 5.91 Å².